The van der Waals surface area contributed by atoms with Crippen LogP contribution in [-0.4, -0.2) is 12.6 Å². The molecule has 86 valence electrons. The van der Waals surface area contributed by atoms with Gasteiger partial charge in [0.1, 0.15) is 0 Å². The molecule has 0 amide bonds. The molecular weight excluding hydrogens is 196 g/mol. The van der Waals surface area contributed by atoms with Gasteiger partial charge in [-0.2, -0.15) is 0 Å². The highest BCUT2D eigenvalue weighted by molar-refractivity contribution is 5.62. The van der Waals surface area contributed by atoms with Gasteiger partial charge in [-0.05, 0) is 43.4 Å². The highest BCUT2D eigenvalue weighted by Crippen LogP contribution is 2.28. The predicted molar refractivity (Wildman–Crippen MR) is 69.1 cm³/mol. The van der Waals surface area contributed by atoms with E-state index in [0.29, 0.717) is 6.04 Å². The molecule has 0 radical (unpaired) electrons. The largest absolute Gasteiger partial charge is 0.385 e. The van der Waals surface area contributed by atoms with E-state index in [1.165, 1.54) is 55.5 Å². The first-order chi connectivity index (χ1) is 7.92. The number of fused-ring (bicyclic) bond motifs is 1. The third-order valence-electron chi connectivity index (χ3n) is 3.77. The lowest BCUT2D eigenvalue weighted by molar-refractivity contribution is 0.755. The molecule has 2 N–H and O–H groups in total. The van der Waals surface area contributed by atoms with Crippen molar-refractivity contribution in [3.8, 4) is 0 Å². The maximum absolute atomic E-state index is 3.65. The van der Waals surface area contributed by atoms with E-state index in [1.54, 1.807) is 0 Å². The minimum atomic E-state index is 0.710. The van der Waals surface area contributed by atoms with E-state index in [1.807, 2.05) is 0 Å². The van der Waals surface area contributed by atoms with Gasteiger partial charge in [-0.3, -0.25) is 0 Å². The Morgan fingerprint density at radius 2 is 2.00 bits per heavy atom. The van der Waals surface area contributed by atoms with Gasteiger partial charge < -0.3 is 10.6 Å². The van der Waals surface area contributed by atoms with Gasteiger partial charge in [0.05, 0.1) is 0 Å². The second-order valence-electron chi connectivity index (χ2n) is 5.03. The zero-order chi connectivity index (χ0) is 10.8. The van der Waals surface area contributed by atoms with Crippen molar-refractivity contribution in [3.63, 3.8) is 0 Å². The Hall–Kier alpha value is -1.18. The lowest BCUT2D eigenvalue weighted by Gasteiger charge is -2.20. The third-order valence-corrected chi connectivity index (χ3v) is 3.77. The molecule has 1 aromatic rings. The van der Waals surface area contributed by atoms with Crippen molar-refractivity contribution in [2.24, 2.45) is 0 Å². The first-order valence-electron chi connectivity index (χ1n) is 6.55. The molecule has 1 aliphatic heterocycles. The number of nitrogens with one attached hydrogen (secondary N) is 2. The van der Waals surface area contributed by atoms with Crippen LogP contribution in [0.1, 0.15) is 37.7 Å². The van der Waals surface area contributed by atoms with E-state index in [0.717, 1.165) is 6.54 Å². The summed E-state index contributed by atoms with van der Waals surface area (Å²) < 4.78 is 0. The normalized spacial score (nSPS) is 20.2. The minimum absolute atomic E-state index is 0.710. The summed E-state index contributed by atoms with van der Waals surface area (Å²) in [6, 6.07) is 7.51. The fourth-order valence-electron chi connectivity index (χ4n) is 2.86. The van der Waals surface area contributed by atoms with Gasteiger partial charge >= 0.3 is 0 Å². The standard InChI is InChI=1S/C14H20N2/c1-2-6-12(5-1)16-13-8-7-11-4-3-9-15-14(11)10-13/h7-8,10,12,15-16H,1-6,9H2. The Labute approximate surface area is 97.4 Å². The van der Waals surface area contributed by atoms with Crippen molar-refractivity contribution in [1.82, 2.24) is 0 Å². The van der Waals surface area contributed by atoms with Gasteiger partial charge in [-0.25, -0.2) is 0 Å². The van der Waals surface area contributed by atoms with E-state index >= 15 is 0 Å². The van der Waals surface area contributed by atoms with Crippen LogP contribution in [0.3, 0.4) is 0 Å². The zero-order valence-corrected chi connectivity index (χ0v) is 9.76. The van der Waals surface area contributed by atoms with E-state index in [4.69, 9.17) is 0 Å². The van der Waals surface area contributed by atoms with Crippen LogP contribution >= 0.6 is 0 Å². The molecule has 0 saturated heterocycles. The molecule has 2 nitrogen and oxygen atoms in total. The molecule has 2 heteroatoms. The summed E-state index contributed by atoms with van der Waals surface area (Å²) in [5.41, 5.74) is 4.11. The summed E-state index contributed by atoms with van der Waals surface area (Å²) >= 11 is 0. The van der Waals surface area contributed by atoms with Crippen molar-refractivity contribution in [1.29, 1.82) is 0 Å². The molecule has 2 aliphatic rings. The minimum Gasteiger partial charge on any atom is -0.385 e. The average Bonchev–Trinajstić information content (AvgIpc) is 2.82. The molecule has 1 fully saturated rings. The van der Waals surface area contributed by atoms with Crippen LogP contribution in [0.4, 0.5) is 11.4 Å². The Bertz CT molecular complexity index is 367. The van der Waals surface area contributed by atoms with Gasteiger partial charge in [0.25, 0.3) is 0 Å². The average molecular weight is 216 g/mol. The van der Waals surface area contributed by atoms with Gasteiger partial charge in [-0.15, -0.1) is 0 Å². The van der Waals surface area contributed by atoms with Crippen LogP contribution in [0.5, 0.6) is 0 Å². The van der Waals surface area contributed by atoms with E-state index < -0.39 is 0 Å². The zero-order valence-electron chi connectivity index (χ0n) is 9.76. The summed E-state index contributed by atoms with van der Waals surface area (Å²) in [6.07, 6.45) is 7.95. The topological polar surface area (TPSA) is 24.1 Å². The smallest absolute Gasteiger partial charge is 0.0393 e. The Kier molecular flexibility index (Phi) is 2.73. The van der Waals surface area contributed by atoms with Crippen LogP contribution in [0.25, 0.3) is 0 Å². The molecule has 1 aliphatic carbocycles. The monoisotopic (exact) mass is 216 g/mol. The van der Waals surface area contributed by atoms with Crippen molar-refractivity contribution >= 4 is 11.4 Å². The Balaban J connectivity index is 1.74. The van der Waals surface area contributed by atoms with Crippen LogP contribution in [0.2, 0.25) is 0 Å². The van der Waals surface area contributed by atoms with E-state index in [9.17, 15) is 0 Å². The fourth-order valence-corrected chi connectivity index (χ4v) is 2.86. The molecule has 1 saturated carbocycles. The summed E-state index contributed by atoms with van der Waals surface area (Å²) in [7, 11) is 0. The SMILES string of the molecule is c1cc2c(cc1NC1CCCC1)NCCC2. The van der Waals surface area contributed by atoms with E-state index in [-0.39, 0.29) is 0 Å². The number of hydrogen-bond donors (Lipinski definition) is 2. The summed E-state index contributed by atoms with van der Waals surface area (Å²) in [6.45, 7) is 1.12. The molecule has 16 heavy (non-hydrogen) atoms. The second kappa shape index (κ2) is 4.36. The Morgan fingerprint density at radius 1 is 1.12 bits per heavy atom. The van der Waals surface area contributed by atoms with Gasteiger partial charge in [0, 0.05) is 24.0 Å². The number of rotatable bonds is 2. The summed E-state index contributed by atoms with van der Waals surface area (Å²) in [4.78, 5) is 0. The highest BCUT2D eigenvalue weighted by Gasteiger charge is 2.15. The third kappa shape index (κ3) is 2.01. The van der Waals surface area contributed by atoms with Crippen LogP contribution in [0, 0.1) is 0 Å². The van der Waals surface area contributed by atoms with Crippen molar-refractivity contribution in [3.05, 3.63) is 23.8 Å². The molecule has 1 heterocycles. The first-order valence-corrected chi connectivity index (χ1v) is 6.55. The van der Waals surface area contributed by atoms with Gasteiger partial charge in [0.15, 0.2) is 0 Å². The number of aryl methyl sites for hydroxylation is 1. The molecule has 0 atom stereocenters. The number of benzene rings is 1. The van der Waals surface area contributed by atoms with Gasteiger partial charge in [0.2, 0.25) is 0 Å². The van der Waals surface area contributed by atoms with Gasteiger partial charge in [-0.1, -0.05) is 18.9 Å². The molecule has 0 spiro atoms. The first kappa shape index (κ1) is 10.0. The number of hydrogen-bond acceptors (Lipinski definition) is 2. The quantitative estimate of drug-likeness (QED) is 0.791. The van der Waals surface area contributed by atoms with Crippen LogP contribution < -0.4 is 10.6 Å². The summed E-state index contributed by atoms with van der Waals surface area (Å²) in [5, 5.41) is 7.14. The fraction of sp³-hybridized carbons (Fsp3) is 0.571. The molecule has 0 aromatic heterocycles. The molecule has 0 unspecified atom stereocenters. The molecule has 0 bridgehead atoms. The number of anilines is 2. The highest BCUT2D eigenvalue weighted by atomic mass is 14.9. The van der Waals surface area contributed by atoms with Crippen molar-refractivity contribution in [2.75, 3.05) is 17.2 Å². The van der Waals surface area contributed by atoms with Crippen LogP contribution in [-0.2, 0) is 6.42 Å². The maximum atomic E-state index is 3.65. The molecule has 1 aromatic carbocycles. The molecule has 3 rings (SSSR count). The lowest BCUT2D eigenvalue weighted by Crippen LogP contribution is -2.16. The Morgan fingerprint density at radius 3 is 2.88 bits per heavy atom. The van der Waals surface area contributed by atoms with Crippen molar-refractivity contribution in [2.45, 2.75) is 44.6 Å². The van der Waals surface area contributed by atoms with Crippen LogP contribution in [0.15, 0.2) is 18.2 Å². The van der Waals surface area contributed by atoms with Crippen molar-refractivity contribution < 1.29 is 0 Å². The van der Waals surface area contributed by atoms with E-state index in [2.05, 4.69) is 28.8 Å². The summed E-state index contributed by atoms with van der Waals surface area (Å²) in [5.74, 6) is 0. The lowest BCUT2D eigenvalue weighted by atomic mass is 10.0. The predicted octanol–water partition coefficient (Wildman–Crippen LogP) is 3.40. The maximum Gasteiger partial charge on any atom is 0.0393 e. The second-order valence-corrected chi connectivity index (χ2v) is 5.03. The molecular formula is C14H20N2.